The fourth-order valence-corrected chi connectivity index (χ4v) is 5.62. The van der Waals surface area contributed by atoms with E-state index >= 15 is 0 Å². The molecule has 0 radical (unpaired) electrons. The zero-order chi connectivity index (χ0) is 25.1. The summed E-state index contributed by atoms with van der Waals surface area (Å²) >= 11 is 0. The SMILES string of the molecule is CNCCOC1=C=C=C(c2cc(N3CCC(C4CCCN(C)C4)C3)c3cc(F)c(OC)cc3n2)C=C1. The Morgan fingerprint density at radius 1 is 1.11 bits per heavy atom. The molecule has 0 bridgehead atoms. The van der Waals surface area contributed by atoms with E-state index in [4.69, 9.17) is 14.5 Å². The van der Waals surface area contributed by atoms with Gasteiger partial charge in [0.05, 0.1) is 23.9 Å². The summed E-state index contributed by atoms with van der Waals surface area (Å²) < 4.78 is 25.7. The van der Waals surface area contributed by atoms with Gasteiger partial charge in [0.2, 0.25) is 0 Å². The number of aromatic nitrogens is 1. The van der Waals surface area contributed by atoms with E-state index < -0.39 is 0 Å². The van der Waals surface area contributed by atoms with Crippen LogP contribution in [0.25, 0.3) is 16.5 Å². The van der Waals surface area contributed by atoms with Crippen LogP contribution in [0.4, 0.5) is 10.1 Å². The normalized spacial score (nSPS) is 22.2. The van der Waals surface area contributed by atoms with E-state index in [1.807, 2.05) is 19.2 Å². The first kappa shape index (κ1) is 24.6. The third-order valence-corrected chi connectivity index (χ3v) is 7.56. The number of fused-ring (bicyclic) bond motifs is 1. The lowest BCUT2D eigenvalue weighted by Gasteiger charge is -2.33. The molecule has 0 amide bonds. The Labute approximate surface area is 212 Å². The number of hydrogen-bond acceptors (Lipinski definition) is 6. The van der Waals surface area contributed by atoms with Crippen molar-refractivity contribution in [2.45, 2.75) is 19.3 Å². The molecule has 0 saturated carbocycles. The Kier molecular flexibility index (Phi) is 7.45. The molecule has 1 aromatic heterocycles. The lowest BCUT2D eigenvalue weighted by molar-refractivity contribution is 0.167. The van der Waals surface area contributed by atoms with Crippen molar-refractivity contribution in [2.24, 2.45) is 11.8 Å². The van der Waals surface area contributed by atoms with Crippen molar-refractivity contribution < 1.29 is 13.9 Å². The number of rotatable bonds is 8. The third-order valence-electron chi connectivity index (χ3n) is 7.56. The van der Waals surface area contributed by atoms with Crippen LogP contribution < -0.4 is 15.0 Å². The highest BCUT2D eigenvalue weighted by atomic mass is 19.1. The van der Waals surface area contributed by atoms with Gasteiger partial charge in [0.1, 0.15) is 6.61 Å². The predicted molar refractivity (Wildman–Crippen MR) is 142 cm³/mol. The minimum Gasteiger partial charge on any atom is -0.494 e. The summed E-state index contributed by atoms with van der Waals surface area (Å²) in [6, 6.07) is 5.33. The highest BCUT2D eigenvalue weighted by molar-refractivity contribution is 5.95. The smallest absolute Gasteiger partial charge is 0.170 e. The first-order valence-corrected chi connectivity index (χ1v) is 12.9. The van der Waals surface area contributed by atoms with Gasteiger partial charge in [0, 0.05) is 43.3 Å². The maximum Gasteiger partial charge on any atom is 0.170 e. The first-order valence-electron chi connectivity index (χ1n) is 12.9. The van der Waals surface area contributed by atoms with E-state index in [0.29, 0.717) is 23.8 Å². The third kappa shape index (κ3) is 5.21. The molecule has 3 aliphatic rings. The molecule has 2 saturated heterocycles. The molecule has 36 heavy (non-hydrogen) atoms. The summed E-state index contributed by atoms with van der Waals surface area (Å²) in [5.41, 5.74) is 9.65. The summed E-state index contributed by atoms with van der Waals surface area (Å²) in [6.45, 7) is 5.64. The molecule has 2 atom stereocenters. The molecule has 5 rings (SSSR count). The number of methoxy groups -OCH3 is 1. The molecule has 2 unspecified atom stereocenters. The second-order valence-corrected chi connectivity index (χ2v) is 10.0. The fraction of sp³-hybridized carbons (Fsp3) is 0.483. The molecule has 3 heterocycles. The number of nitrogens with zero attached hydrogens (tertiary/aromatic N) is 3. The molecule has 7 heteroatoms. The molecular weight excluding hydrogens is 455 g/mol. The number of piperidine rings is 1. The van der Waals surface area contributed by atoms with Crippen LogP contribution >= 0.6 is 0 Å². The van der Waals surface area contributed by atoms with Gasteiger partial charge >= 0.3 is 0 Å². The second-order valence-electron chi connectivity index (χ2n) is 10.0. The molecular formula is C29H35FN4O2. The Hall–Kier alpha value is -3.08. The zero-order valence-corrected chi connectivity index (χ0v) is 21.4. The summed E-state index contributed by atoms with van der Waals surface area (Å²) in [7, 11) is 5.60. The first-order chi connectivity index (χ1) is 17.6. The summed E-state index contributed by atoms with van der Waals surface area (Å²) in [5, 5.41) is 3.88. The standard InChI is InChI=1S/C29H35FN4O2/c1-31-11-14-36-23-8-6-20(7-9-23)26-16-28(24-15-25(30)29(35-3)17-27(24)32-26)34-13-10-22(19-34)21-5-4-12-33(2)18-21/h6,8,15-17,21-22,31H,4-5,10-14,18-19H2,1-3H3. The van der Waals surface area contributed by atoms with Crippen LogP contribution in [0.3, 0.4) is 0 Å². The topological polar surface area (TPSA) is 49.9 Å². The number of hydrogen-bond donors (Lipinski definition) is 1. The average Bonchev–Trinajstić information content (AvgIpc) is 3.39. The maximum atomic E-state index is 14.8. The lowest BCUT2D eigenvalue weighted by Crippen LogP contribution is -2.36. The van der Waals surface area contributed by atoms with Gasteiger partial charge in [-0.15, -0.1) is 0 Å². The Bertz CT molecular complexity index is 1260. The van der Waals surface area contributed by atoms with E-state index in [1.165, 1.54) is 33.0 Å². The van der Waals surface area contributed by atoms with Crippen LogP contribution in [0.1, 0.15) is 25.0 Å². The van der Waals surface area contributed by atoms with E-state index in [-0.39, 0.29) is 11.6 Å². The van der Waals surface area contributed by atoms with Crippen molar-refractivity contribution in [2.75, 3.05) is 65.4 Å². The number of ether oxygens (including phenoxy) is 2. The minimum atomic E-state index is -0.367. The van der Waals surface area contributed by atoms with E-state index in [9.17, 15) is 4.39 Å². The number of likely N-dealkylation sites (N-methyl/N-ethyl adjacent to an activating group) is 1. The molecule has 6 nitrogen and oxygen atoms in total. The van der Waals surface area contributed by atoms with Crippen molar-refractivity contribution >= 4 is 22.2 Å². The summed E-state index contributed by atoms with van der Waals surface area (Å²) in [6.07, 6.45) is 7.57. The van der Waals surface area contributed by atoms with Gasteiger partial charge in [-0.25, -0.2) is 9.37 Å². The van der Waals surface area contributed by atoms with Crippen LogP contribution in [-0.2, 0) is 4.74 Å². The number of allylic oxidation sites excluding steroid dienone is 3. The molecule has 1 aromatic carbocycles. The summed E-state index contributed by atoms with van der Waals surface area (Å²) in [5.74, 6) is 1.85. The molecule has 2 fully saturated rings. The van der Waals surface area contributed by atoms with E-state index in [2.05, 4.69) is 39.7 Å². The van der Waals surface area contributed by atoms with Crippen molar-refractivity contribution in [3.63, 3.8) is 0 Å². The Morgan fingerprint density at radius 3 is 2.72 bits per heavy atom. The zero-order valence-electron chi connectivity index (χ0n) is 21.4. The number of nitrogens with one attached hydrogen (secondary N) is 1. The van der Waals surface area contributed by atoms with Crippen LogP contribution in [0, 0.1) is 17.7 Å². The maximum absolute atomic E-state index is 14.8. The van der Waals surface area contributed by atoms with Crippen molar-refractivity contribution in [1.29, 1.82) is 0 Å². The van der Waals surface area contributed by atoms with Gasteiger partial charge in [-0.05, 0) is 81.8 Å². The van der Waals surface area contributed by atoms with Crippen molar-refractivity contribution in [3.8, 4) is 5.75 Å². The lowest BCUT2D eigenvalue weighted by atomic mass is 9.85. The van der Waals surface area contributed by atoms with Crippen LogP contribution in [0.15, 0.2) is 47.6 Å². The van der Waals surface area contributed by atoms with Gasteiger partial charge in [0.15, 0.2) is 17.3 Å². The van der Waals surface area contributed by atoms with Crippen LogP contribution in [-0.4, -0.2) is 70.4 Å². The highest BCUT2D eigenvalue weighted by Gasteiger charge is 2.32. The molecule has 1 N–H and O–H groups in total. The van der Waals surface area contributed by atoms with Gasteiger partial charge in [-0.1, -0.05) is 5.73 Å². The highest BCUT2D eigenvalue weighted by Crippen LogP contribution is 2.38. The molecule has 2 aliphatic heterocycles. The minimum absolute atomic E-state index is 0.200. The van der Waals surface area contributed by atoms with Crippen molar-refractivity contribution in [3.05, 3.63) is 59.1 Å². The molecule has 2 aromatic rings. The van der Waals surface area contributed by atoms with Gasteiger partial charge in [-0.2, -0.15) is 0 Å². The van der Waals surface area contributed by atoms with Crippen molar-refractivity contribution in [1.82, 2.24) is 15.2 Å². The quantitative estimate of drug-likeness (QED) is 0.438. The van der Waals surface area contributed by atoms with Crippen LogP contribution in [0.2, 0.25) is 0 Å². The predicted octanol–water partition coefficient (Wildman–Crippen LogP) is 4.38. The Balaban J connectivity index is 1.50. The number of likely N-dealkylation sites (tertiary alicyclic amines) is 1. The van der Waals surface area contributed by atoms with Gasteiger partial charge in [0.25, 0.3) is 0 Å². The number of halogens is 1. The van der Waals surface area contributed by atoms with Gasteiger partial charge in [-0.3, -0.25) is 0 Å². The van der Waals surface area contributed by atoms with E-state index in [1.54, 1.807) is 12.1 Å². The molecule has 0 spiro atoms. The second kappa shape index (κ2) is 10.9. The molecule has 190 valence electrons. The monoisotopic (exact) mass is 490 g/mol. The average molecular weight is 491 g/mol. The summed E-state index contributed by atoms with van der Waals surface area (Å²) in [4.78, 5) is 9.74. The number of benzene rings is 1. The van der Waals surface area contributed by atoms with Crippen LogP contribution in [0.5, 0.6) is 5.75 Å². The number of anilines is 1. The fourth-order valence-electron chi connectivity index (χ4n) is 5.62. The number of pyridine rings is 1. The van der Waals surface area contributed by atoms with E-state index in [0.717, 1.165) is 54.3 Å². The van der Waals surface area contributed by atoms with Gasteiger partial charge < -0.3 is 24.6 Å². The Morgan fingerprint density at radius 2 is 1.97 bits per heavy atom. The largest absolute Gasteiger partial charge is 0.494 e. The molecule has 1 aliphatic carbocycles.